The molecule has 26 heavy (non-hydrogen) atoms. The summed E-state index contributed by atoms with van der Waals surface area (Å²) in [6.45, 7) is 0.187. The minimum atomic E-state index is -3.79. The van der Waals surface area contributed by atoms with Crippen LogP contribution in [0.15, 0.2) is 29.2 Å². The fourth-order valence-corrected chi connectivity index (χ4v) is 5.08. The number of sulfonamides is 1. The zero-order valence-electron chi connectivity index (χ0n) is 14.1. The van der Waals surface area contributed by atoms with Crippen LogP contribution < -0.4 is 15.8 Å². The number of carbonyl (C=O) groups excluding carboxylic acids is 1. The van der Waals surface area contributed by atoms with Crippen LogP contribution in [0.3, 0.4) is 0 Å². The maximum atomic E-state index is 12.3. The molecule has 3 rings (SSSR count). The number of nitrogens with one attached hydrogen (secondary N) is 2. The van der Waals surface area contributed by atoms with Gasteiger partial charge in [0.2, 0.25) is 15.9 Å². The Kier molecular flexibility index (Phi) is 5.26. The first-order valence-electron chi connectivity index (χ1n) is 8.57. The molecular formula is C16H22N4O5S. The predicted molar refractivity (Wildman–Crippen MR) is 93.6 cm³/mol. The Balaban J connectivity index is 1.48. The summed E-state index contributed by atoms with van der Waals surface area (Å²) in [5, 5.41) is 13.4. The summed E-state index contributed by atoms with van der Waals surface area (Å²) in [6.07, 6.45) is 3.12. The number of nitro groups is 1. The van der Waals surface area contributed by atoms with Crippen LogP contribution in [0.2, 0.25) is 0 Å². The molecule has 2 aliphatic carbocycles. The highest BCUT2D eigenvalue weighted by Crippen LogP contribution is 2.47. The fraction of sp³-hybridized carbons (Fsp3) is 0.562. The molecule has 2 saturated carbocycles. The standard InChI is InChI=1S/C16H22N4O5S/c17-15-11-2-1-10(9-11)14(15)16(21)18-7-8-19-26(24,25)13-5-3-12(4-6-13)20(22)23/h3-6,10-11,14-15,19H,1-2,7-9,17H2,(H,18,21). The van der Waals surface area contributed by atoms with Crippen LogP contribution in [-0.2, 0) is 14.8 Å². The second kappa shape index (κ2) is 7.29. The molecule has 1 aromatic carbocycles. The van der Waals surface area contributed by atoms with E-state index in [2.05, 4.69) is 10.0 Å². The predicted octanol–water partition coefficient (Wildman–Crippen LogP) is 0.363. The largest absolute Gasteiger partial charge is 0.354 e. The molecule has 0 spiro atoms. The van der Waals surface area contributed by atoms with Crippen LogP contribution in [0.1, 0.15) is 19.3 Å². The van der Waals surface area contributed by atoms with Gasteiger partial charge in [0.15, 0.2) is 0 Å². The molecule has 1 amide bonds. The molecule has 0 aromatic heterocycles. The average molecular weight is 382 g/mol. The fourth-order valence-electron chi connectivity index (χ4n) is 4.04. The van der Waals surface area contributed by atoms with Crippen LogP contribution in [0.4, 0.5) is 5.69 Å². The summed E-state index contributed by atoms with van der Waals surface area (Å²) < 4.78 is 26.7. The second-order valence-electron chi connectivity index (χ2n) is 6.88. The van der Waals surface area contributed by atoms with E-state index in [1.54, 1.807) is 0 Å². The third-order valence-electron chi connectivity index (χ3n) is 5.36. The molecule has 4 unspecified atom stereocenters. The molecule has 0 aliphatic heterocycles. The van der Waals surface area contributed by atoms with Crippen molar-refractivity contribution >= 4 is 21.6 Å². The van der Waals surface area contributed by atoms with Gasteiger partial charge in [0, 0.05) is 31.3 Å². The van der Waals surface area contributed by atoms with Gasteiger partial charge in [-0.1, -0.05) is 0 Å². The molecule has 9 nitrogen and oxygen atoms in total. The minimum Gasteiger partial charge on any atom is -0.354 e. The minimum absolute atomic E-state index is 0.0289. The highest BCUT2D eigenvalue weighted by atomic mass is 32.2. The summed E-state index contributed by atoms with van der Waals surface area (Å²) in [4.78, 5) is 22.3. The molecule has 0 heterocycles. The van der Waals surface area contributed by atoms with Crippen molar-refractivity contribution in [3.8, 4) is 0 Å². The summed E-state index contributed by atoms with van der Waals surface area (Å²) in [5.41, 5.74) is 5.95. The van der Waals surface area contributed by atoms with Crippen LogP contribution in [0.25, 0.3) is 0 Å². The number of carbonyl (C=O) groups is 1. The van der Waals surface area contributed by atoms with Crippen LogP contribution in [0, 0.1) is 27.9 Å². The quantitative estimate of drug-likeness (QED) is 0.353. The zero-order valence-corrected chi connectivity index (χ0v) is 14.9. The third kappa shape index (κ3) is 3.71. The number of nitrogens with zero attached hydrogens (tertiary/aromatic N) is 1. The Hall–Kier alpha value is -2.04. The number of hydrogen-bond donors (Lipinski definition) is 3. The molecule has 4 N–H and O–H groups in total. The second-order valence-corrected chi connectivity index (χ2v) is 8.64. The zero-order chi connectivity index (χ0) is 18.9. The topological polar surface area (TPSA) is 144 Å². The highest BCUT2D eigenvalue weighted by Gasteiger charge is 2.48. The number of benzene rings is 1. The summed E-state index contributed by atoms with van der Waals surface area (Å²) in [7, 11) is -3.79. The number of hydrogen-bond acceptors (Lipinski definition) is 6. The number of nitro benzene ring substituents is 1. The number of rotatable bonds is 7. The lowest BCUT2D eigenvalue weighted by atomic mass is 9.84. The average Bonchev–Trinajstić information content (AvgIpc) is 3.20. The van der Waals surface area contributed by atoms with Gasteiger partial charge in [-0.25, -0.2) is 13.1 Å². The molecule has 4 atom stereocenters. The number of fused-ring (bicyclic) bond motifs is 2. The molecule has 2 aliphatic rings. The first-order chi connectivity index (χ1) is 12.3. The first kappa shape index (κ1) is 18.7. The Morgan fingerprint density at radius 1 is 1.19 bits per heavy atom. The van der Waals surface area contributed by atoms with Gasteiger partial charge in [-0.05, 0) is 43.2 Å². The normalized spacial score (nSPS) is 27.4. The number of nitrogens with two attached hydrogens (primary N) is 1. The molecule has 0 radical (unpaired) electrons. The van der Waals surface area contributed by atoms with Crippen molar-refractivity contribution < 1.29 is 18.1 Å². The van der Waals surface area contributed by atoms with Gasteiger partial charge in [-0.2, -0.15) is 0 Å². The van der Waals surface area contributed by atoms with Crippen LogP contribution in [0.5, 0.6) is 0 Å². The van der Waals surface area contributed by atoms with Gasteiger partial charge >= 0.3 is 0 Å². The summed E-state index contributed by atoms with van der Waals surface area (Å²) >= 11 is 0. The number of non-ortho nitro benzene ring substituents is 1. The Labute approximate surface area is 151 Å². The number of amides is 1. The lowest BCUT2D eigenvalue weighted by Gasteiger charge is -2.27. The van der Waals surface area contributed by atoms with Gasteiger partial charge in [0.05, 0.1) is 15.7 Å². The molecule has 10 heteroatoms. The van der Waals surface area contributed by atoms with E-state index in [9.17, 15) is 23.3 Å². The van der Waals surface area contributed by atoms with Crippen molar-refractivity contribution in [1.29, 1.82) is 0 Å². The van der Waals surface area contributed by atoms with Crippen molar-refractivity contribution in [2.24, 2.45) is 23.5 Å². The van der Waals surface area contributed by atoms with E-state index in [-0.39, 0.29) is 41.5 Å². The molecule has 142 valence electrons. The van der Waals surface area contributed by atoms with E-state index < -0.39 is 14.9 Å². The van der Waals surface area contributed by atoms with Crippen molar-refractivity contribution in [3.63, 3.8) is 0 Å². The summed E-state index contributed by atoms with van der Waals surface area (Å²) in [5.74, 6) is 0.474. The molecule has 2 fully saturated rings. The lowest BCUT2D eigenvalue weighted by Crippen LogP contribution is -2.46. The maximum Gasteiger partial charge on any atom is 0.269 e. The van der Waals surface area contributed by atoms with Gasteiger partial charge in [-0.3, -0.25) is 14.9 Å². The van der Waals surface area contributed by atoms with Crippen molar-refractivity contribution in [2.75, 3.05) is 13.1 Å². The van der Waals surface area contributed by atoms with E-state index in [0.29, 0.717) is 11.8 Å². The van der Waals surface area contributed by atoms with Crippen LogP contribution in [-0.4, -0.2) is 38.4 Å². The third-order valence-corrected chi connectivity index (χ3v) is 6.83. The summed E-state index contributed by atoms with van der Waals surface area (Å²) in [6, 6.07) is 4.51. The van der Waals surface area contributed by atoms with Crippen LogP contribution >= 0.6 is 0 Å². The van der Waals surface area contributed by atoms with Gasteiger partial charge < -0.3 is 11.1 Å². The van der Waals surface area contributed by atoms with E-state index in [4.69, 9.17) is 5.73 Å². The maximum absolute atomic E-state index is 12.3. The SMILES string of the molecule is NC1C2CCC(C2)C1C(=O)NCCNS(=O)(=O)c1ccc([N+](=O)[O-])cc1. The van der Waals surface area contributed by atoms with Gasteiger partial charge in [-0.15, -0.1) is 0 Å². The molecule has 1 aromatic rings. The Morgan fingerprint density at radius 3 is 2.42 bits per heavy atom. The Bertz CT molecular complexity index is 793. The monoisotopic (exact) mass is 382 g/mol. The molecule has 2 bridgehead atoms. The smallest absolute Gasteiger partial charge is 0.269 e. The highest BCUT2D eigenvalue weighted by molar-refractivity contribution is 7.89. The van der Waals surface area contributed by atoms with E-state index in [1.807, 2.05) is 0 Å². The van der Waals surface area contributed by atoms with Gasteiger partial charge in [0.1, 0.15) is 0 Å². The van der Waals surface area contributed by atoms with Crippen molar-refractivity contribution in [1.82, 2.24) is 10.0 Å². The van der Waals surface area contributed by atoms with Crippen molar-refractivity contribution in [3.05, 3.63) is 34.4 Å². The molecule has 0 saturated heterocycles. The van der Waals surface area contributed by atoms with E-state index in [0.717, 1.165) is 31.4 Å². The van der Waals surface area contributed by atoms with Gasteiger partial charge in [0.25, 0.3) is 5.69 Å². The lowest BCUT2D eigenvalue weighted by molar-refractivity contribution is -0.384. The van der Waals surface area contributed by atoms with E-state index >= 15 is 0 Å². The molecular weight excluding hydrogens is 360 g/mol. The van der Waals surface area contributed by atoms with E-state index in [1.165, 1.54) is 12.1 Å². The first-order valence-corrected chi connectivity index (χ1v) is 10.1. The van der Waals surface area contributed by atoms with Crippen molar-refractivity contribution in [2.45, 2.75) is 30.2 Å². The Morgan fingerprint density at radius 2 is 1.85 bits per heavy atom.